The maximum absolute atomic E-state index is 14.0. The number of aryl methyl sites for hydroxylation is 1. The zero-order valence-electron chi connectivity index (χ0n) is 17.6. The summed E-state index contributed by atoms with van der Waals surface area (Å²) < 4.78 is 26.8. The van der Waals surface area contributed by atoms with Crippen molar-refractivity contribution >= 4 is 27.1 Å². The van der Waals surface area contributed by atoms with Gasteiger partial charge in [0.1, 0.15) is 36.4 Å². The molecule has 3 aromatic heterocycles. The van der Waals surface area contributed by atoms with Gasteiger partial charge in [-0.3, -0.25) is 0 Å². The molecule has 7 nitrogen and oxygen atoms in total. The van der Waals surface area contributed by atoms with Crippen molar-refractivity contribution in [2.75, 3.05) is 0 Å². The van der Waals surface area contributed by atoms with Crippen LogP contribution in [0.3, 0.4) is 0 Å². The predicted octanol–water partition coefficient (Wildman–Crippen LogP) is 5.72. The Labute approximate surface area is 197 Å². The number of hydrogen-bond acceptors (Lipinski definition) is 5. The number of halogens is 2. The third-order valence-corrected chi connectivity index (χ3v) is 5.56. The monoisotopic (exact) mass is 507 g/mol. The van der Waals surface area contributed by atoms with Gasteiger partial charge in [0.05, 0.1) is 23.2 Å². The molecule has 5 rings (SSSR count). The summed E-state index contributed by atoms with van der Waals surface area (Å²) in [4.78, 5) is 19.5. The van der Waals surface area contributed by atoms with Crippen LogP contribution in [0.25, 0.3) is 22.6 Å². The van der Waals surface area contributed by atoms with E-state index in [-0.39, 0.29) is 12.4 Å². The van der Waals surface area contributed by atoms with Gasteiger partial charge in [0.15, 0.2) is 5.65 Å². The van der Waals surface area contributed by atoms with Crippen LogP contribution in [0.4, 0.5) is 4.39 Å². The maximum atomic E-state index is 14.0. The van der Waals surface area contributed by atoms with Crippen molar-refractivity contribution in [2.24, 2.45) is 0 Å². The van der Waals surface area contributed by atoms with Crippen molar-refractivity contribution in [3.05, 3.63) is 88.3 Å². The Kier molecular flexibility index (Phi) is 5.78. The quantitative estimate of drug-likeness (QED) is 0.294. The standard InChI is InChI=1S/C24H19BrFN5O2/c1-14-22(29-13-28-14)12-33-19-7-16(23-30-21-8-17(25)10-27-24(21)31-23)6-18(9-19)32-11-15-4-2-3-5-20(15)26/h2-10,13H,11-12H2,1H3,(H,28,29)(H,27,30,31). The summed E-state index contributed by atoms with van der Waals surface area (Å²) in [5.74, 6) is 1.42. The Hall–Kier alpha value is -3.72. The van der Waals surface area contributed by atoms with Crippen molar-refractivity contribution in [3.63, 3.8) is 0 Å². The smallest absolute Gasteiger partial charge is 0.178 e. The Morgan fingerprint density at radius 1 is 1.00 bits per heavy atom. The number of fused-ring (bicyclic) bond motifs is 1. The first-order chi connectivity index (χ1) is 16.0. The first-order valence-corrected chi connectivity index (χ1v) is 11.0. The summed E-state index contributed by atoms with van der Waals surface area (Å²) in [6, 6.07) is 13.9. The van der Waals surface area contributed by atoms with E-state index in [1.807, 2.05) is 25.1 Å². The van der Waals surface area contributed by atoms with Crippen LogP contribution in [0.1, 0.15) is 17.0 Å². The number of imidazole rings is 2. The van der Waals surface area contributed by atoms with Crippen molar-refractivity contribution in [1.82, 2.24) is 24.9 Å². The lowest BCUT2D eigenvalue weighted by molar-refractivity contribution is 0.285. The number of nitrogens with zero attached hydrogens (tertiary/aromatic N) is 3. The molecule has 0 aliphatic rings. The Balaban J connectivity index is 1.47. The molecule has 0 unspecified atom stereocenters. The Morgan fingerprint density at radius 3 is 2.55 bits per heavy atom. The van der Waals surface area contributed by atoms with Gasteiger partial charge in [-0.25, -0.2) is 19.3 Å². The summed E-state index contributed by atoms with van der Waals surface area (Å²) in [5.41, 5.74) is 4.37. The SMILES string of the molecule is Cc1nc[nH]c1COc1cc(OCc2ccccc2F)cc(-c2nc3ncc(Br)cc3[nH]2)c1. The third-order valence-electron chi connectivity index (χ3n) is 5.13. The summed E-state index contributed by atoms with van der Waals surface area (Å²) in [5, 5.41) is 0. The molecule has 2 N–H and O–H groups in total. The minimum Gasteiger partial charge on any atom is -0.489 e. The minimum absolute atomic E-state index is 0.0872. The highest BCUT2D eigenvalue weighted by Crippen LogP contribution is 2.31. The highest BCUT2D eigenvalue weighted by Gasteiger charge is 2.12. The second kappa shape index (κ2) is 9.03. The molecule has 0 aliphatic heterocycles. The molecule has 9 heteroatoms. The van der Waals surface area contributed by atoms with Gasteiger partial charge in [-0.2, -0.15) is 0 Å². The molecular weight excluding hydrogens is 489 g/mol. The van der Waals surface area contributed by atoms with Crippen LogP contribution < -0.4 is 9.47 Å². The van der Waals surface area contributed by atoms with Crippen LogP contribution in [-0.4, -0.2) is 24.9 Å². The van der Waals surface area contributed by atoms with Gasteiger partial charge < -0.3 is 19.4 Å². The molecule has 0 saturated carbocycles. The van der Waals surface area contributed by atoms with Crippen molar-refractivity contribution in [1.29, 1.82) is 0 Å². The number of nitrogens with one attached hydrogen (secondary N) is 2. The normalized spacial score (nSPS) is 11.1. The van der Waals surface area contributed by atoms with Gasteiger partial charge >= 0.3 is 0 Å². The number of aromatic amines is 2. The fourth-order valence-corrected chi connectivity index (χ4v) is 3.69. The summed E-state index contributed by atoms with van der Waals surface area (Å²) >= 11 is 3.43. The fraction of sp³-hybridized carbons (Fsp3) is 0.125. The predicted molar refractivity (Wildman–Crippen MR) is 125 cm³/mol. The van der Waals surface area contributed by atoms with E-state index in [1.165, 1.54) is 6.07 Å². The number of rotatable bonds is 7. The molecule has 3 heterocycles. The second-order valence-corrected chi connectivity index (χ2v) is 8.35. The summed E-state index contributed by atoms with van der Waals surface area (Å²) in [6.07, 6.45) is 3.33. The molecule has 0 radical (unpaired) electrons. The number of ether oxygens (including phenoxy) is 2. The van der Waals surface area contributed by atoms with E-state index >= 15 is 0 Å². The summed E-state index contributed by atoms with van der Waals surface area (Å²) in [7, 11) is 0. The van der Waals surface area contributed by atoms with Crippen LogP contribution in [-0.2, 0) is 13.2 Å². The van der Waals surface area contributed by atoms with Gasteiger partial charge in [-0.15, -0.1) is 0 Å². The molecule has 166 valence electrons. The van der Waals surface area contributed by atoms with E-state index in [2.05, 4.69) is 40.8 Å². The number of pyridine rings is 1. The first-order valence-electron chi connectivity index (χ1n) is 10.2. The molecule has 0 fully saturated rings. The van der Waals surface area contributed by atoms with Crippen LogP contribution >= 0.6 is 15.9 Å². The third kappa shape index (κ3) is 4.73. The van der Waals surface area contributed by atoms with Crippen molar-refractivity contribution in [3.8, 4) is 22.9 Å². The van der Waals surface area contributed by atoms with Crippen LogP contribution in [0, 0.1) is 12.7 Å². The molecule has 0 bridgehead atoms. The van der Waals surface area contributed by atoms with Crippen LogP contribution in [0.15, 0.2) is 65.5 Å². The highest BCUT2D eigenvalue weighted by atomic mass is 79.9. The molecule has 0 spiro atoms. The zero-order chi connectivity index (χ0) is 22.8. The van der Waals surface area contributed by atoms with E-state index in [0.717, 1.165) is 26.9 Å². The molecule has 33 heavy (non-hydrogen) atoms. The average Bonchev–Trinajstić information content (AvgIpc) is 3.42. The zero-order valence-corrected chi connectivity index (χ0v) is 19.2. The topological polar surface area (TPSA) is 88.7 Å². The van der Waals surface area contributed by atoms with Gasteiger partial charge in [-0.05, 0) is 47.1 Å². The maximum Gasteiger partial charge on any atom is 0.178 e. The van der Waals surface area contributed by atoms with E-state index in [1.54, 1.807) is 36.8 Å². The number of benzene rings is 2. The van der Waals surface area contributed by atoms with Crippen LogP contribution in [0.5, 0.6) is 11.5 Å². The fourth-order valence-electron chi connectivity index (χ4n) is 3.35. The van der Waals surface area contributed by atoms with E-state index < -0.39 is 0 Å². The first kappa shape index (κ1) is 21.1. The molecule has 5 aromatic rings. The molecule has 0 atom stereocenters. The van der Waals surface area contributed by atoms with Gasteiger partial charge in [-0.1, -0.05) is 18.2 Å². The van der Waals surface area contributed by atoms with Gasteiger partial charge in [0.2, 0.25) is 0 Å². The lowest BCUT2D eigenvalue weighted by Gasteiger charge is -2.12. The molecule has 0 amide bonds. The summed E-state index contributed by atoms with van der Waals surface area (Å²) in [6.45, 7) is 2.31. The van der Waals surface area contributed by atoms with E-state index in [4.69, 9.17) is 9.47 Å². The Morgan fingerprint density at radius 2 is 1.79 bits per heavy atom. The lowest BCUT2D eigenvalue weighted by atomic mass is 10.2. The highest BCUT2D eigenvalue weighted by molar-refractivity contribution is 9.10. The van der Waals surface area contributed by atoms with Gasteiger partial charge in [0.25, 0.3) is 0 Å². The molecule has 0 saturated heterocycles. The van der Waals surface area contributed by atoms with Gasteiger partial charge in [0, 0.05) is 27.9 Å². The van der Waals surface area contributed by atoms with E-state index in [9.17, 15) is 4.39 Å². The number of aromatic nitrogens is 5. The number of H-pyrrole nitrogens is 2. The molecular formula is C24H19BrFN5O2. The van der Waals surface area contributed by atoms with Crippen LogP contribution in [0.2, 0.25) is 0 Å². The minimum atomic E-state index is -0.311. The second-order valence-electron chi connectivity index (χ2n) is 7.44. The lowest BCUT2D eigenvalue weighted by Crippen LogP contribution is -2.01. The average molecular weight is 508 g/mol. The Bertz CT molecular complexity index is 1430. The largest absolute Gasteiger partial charge is 0.489 e. The molecule has 0 aliphatic carbocycles. The number of hydrogen-bond donors (Lipinski definition) is 2. The van der Waals surface area contributed by atoms with Crippen molar-refractivity contribution in [2.45, 2.75) is 20.1 Å². The molecule has 2 aromatic carbocycles. The van der Waals surface area contributed by atoms with E-state index in [0.29, 0.717) is 35.1 Å². The van der Waals surface area contributed by atoms with Crippen molar-refractivity contribution < 1.29 is 13.9 Å².